The van der Waals surface area contributed by atoms with Crippen LogP contribution in [-0.2, 0) is 11.3 Å². The molecule has 170 valence electrons. The molecule has 0 spiro atoms. The fourth-order valence-electron chi connectivity index (χ4n) is 3.54. The Morgan fingerprint density at radius 1 is 1.13 bits per heavy atom. The Kier molecular flexibility index (Phi) is 11.0. The van der Waals surface area contributed by atoms with Gasteiger partial charge in [-0.1, -0.05) is 0 Å². The molecule has 1 N–H and O–H groups in total. The van der Waals surface area contributed by atoms with Crippen LogP contribution in [0.1, 0.15) is 25.3 Å². The van der Waals surface area contributed by atoms with Crippen molar-refractivity contribution in [1.82, 2.24) is 15.1 Å². The van der Waals surface area contributed by atoms with Crippen LogP contribution in [0.15, 0.2) is 23.2 Å². The fraction of sp³-hybridized carbons (Fsp3) is 0.682. The maximum absolute atomic E-state index is 5.71. The van der Waals surface area contributed by atoms with Crippen LogP contribution in [0.25, 0.3) is 0 Å². The van der Waals surface area contributed by atoms with E-state index in [2.05, 4.69) is 28.1 Å². The van der Waals surface area contributed by atoms with Gasteiger partial charge in [-0.2, -0.15) is 0 Å². The minimum atomic E-state index is 0. The van der Waals surface area contributed by atoms with E-state index in [1.807, 2.05) is 12.1 Å². The molecule has 7 nitrogen and oxygen atoms in total. The van der Waals surface area contributed by atoms with Crippen molar-refractivity contribution in [2.75, 3.05) is 66.7 Å². The molecule has 1 heterocycles. The van der Waals surface area contributed by atoms with Gasteiger partial charge < -0.3 is 24.4 Å². The molecule has 8 heteroatoms. The summed E-state index contributed by atoms with van der Waals surface area (Å²) in [6.45, 7) is 10.1. The molecule has 0 aromatic heterocycles. The first kappa shape index (κ1) is 25.0. The summed E-state index contributed by atoms with van der Waals surface area (Å²) in [5.41, 5.74) is 1.16. The molecular formula is C22H37IN4O3. The van der Waals surface area contributed by atoms with Gasteiger partial charge in [0.1, 0.15) is 11.5 Å². The molecule has 0 bridgehead atoms. The molecule has 0 unspecified atom stereocenters. The van der Waals surface area contributed by atoms with Crippen molar-refractivity contribution >= 4 is 29.9 Å². The number of ether oxygens (including phenoxy) is 3. The number of hydrogen-bond donors (Lipinski definition) is 1. The van der Waals surface area contributed by atoms with Gasteiger partial charge in [-0.25, -0.2) is 0 Å². The molecular weight excluding hydrogens is 495 g/mol. The number of methoxy groups -OCH3 is 2. The van der Waals surface area contributed by atoms with Crippen LogP contribution in [0.4, 0.5) is 0 Å². The quantitative estimate of drug-likeness (QED) is 0.217. The second-order valence-electron chi connectivity index (χ2n) is 7.69. The lowest BCUT2D eigenvalue weighted by molar-refractivity contribution is 0.131. The van der Waals surface area contributed by atoms with Gasteiger partial charge in [0.25, 0.3) is 0 Å². The van der Waals surface area contributed by atoms with E-state index < -0.39 is 0 Å². The number of benzene rings is 1. The van der Waals surface area contributed by atoms with Gasteiger partial charge in [0.05, 0.1) is 27.4 Å². The van der Waals surface area contributed by atoms with E-state index in [-0.39, 0.29) is 24.0 Å². The third-order valence-corrected chi connectivity index (χ3v) is 5.44. The van der Waals surface area contributed by atoms with E-state index in [4.69, 9.17) is 19.2 Å². The van der Waals surface area contributed by atoms with Crippen molar-refractivity contribution in [1.29, 1.82) is 0 Å². The van der Waals surface area contributed by atoms with Crippen LogP contribution < -0.4 is 14.8 Å². The van der Waals surface area contributed by atoms with Gasteiger partial charge in [0.2, 0.25) is 0 Å². The van der Waals surface area contributed by atoms with Crippen LogP contribution in [-0.4, -0.2) is 82.5 Å². The first-order valence-corrected chi connectivity index (χ1v) is 10.8. The normalized spacial score (nSPS) is 17.4. The highest BCUT2D eigenvalue weighted by molar-refractivity contribution is 14.0. The van der Waals surface area contributed by atoms with Crippen LogP contribution in [0, 0.1) is 5.92 Å². The van der Waals surface area contributed by atoms with E-state index in [9.17, 15) is 0 Å². The number of aliphatic imine (C=N–C) groups is 1. The average Bonchev–Trinajstić information content (AvgIpc) is 3.58. The number of guanidine groups is 1. The molecule has 1 aromatic rings. The van der Waals surface area contributed by atoms with Crippen molar-refractivity contribution in [3.05, 3.63) is 23.8 Å². The van der Waals surface area contributed by atoms with Gasteiger partial charge in [0.15, 0.2) is 5.96 Å². The van der Waals surface area contributed by atoms with Gasteiger partial charge in [-0.3, -0.25) is 9.89 Å². The molecule has 30 heavy (non-hydrogen) atoms. The predicted molar refractivity (Wildman–Crippen MR) is 131 cm³/mol. The summed E-state index contributed by atoms with van der Waals surface area (Å²) in [7, 11) is 3.42. The topological polar surface area (TPSA) is 58.6 Å². The number of nitrogens with one attached hydrogen (secondary N) is 1. The molecule has 1 aliphatic carbocycles. The van der Waals surface area contributed by atoms with Crippen molar-refractivity contribution in [3.8, 4) is 11.5 Å². The average molecular weight is 532 g/mol. The molecule has 0 radical (unpaired) electrons. The predicted octanol–water partition coefficient (Wildman–Crippen LogP) is 2.83. The minimum Gasteiger partial charge on any atom is -0.497 e. The van der Waals surface area contributed by atoms with E-state index in [1.165, 1.54) is 12.8 Å². The van der Waals surface area contributed by atoms with Gasteiger partial charge >= 0.3 is 0 Å². The summed E-state index contributed by atoms with van der Waals surface area (Å²) in [4.78, 5) is 9.57. The molecule has 2 aliphatic rings. The number of hydrogen-bond acceptors (Lipinski definition) is 5. The molecule has 1 aromatic carbocycles. The Balaban J connectivity index is 0.00000320. The van der Waals surface area contributed by atoms with Crippen LogP contribution >= 0.6 is 24.0 Å². The largest absolute Gasteiger partial charge is 0.497 e. The van der Waals surface area contributed by atoms with Crippen LogP contribution in [0.5, 0.6) is 11.5 Å². The lowest BCUT2D eigenvalue weighted by Gasteiger charge is -2.36. The third-order valence-electron chi connectivity index (χ3n) is 5.44. The second-order valence-corrected chi connectivity index (χ2v) is 7.69. The summed E-state index contributed by atoms with van der Waals surface area (Å²) in [6, 6.07) is 5.98. The third kappa shape index (κ3) is 7.77. The summed E-state index contributed by atoms with van der Waals surface area (Å²) in [5, 5.41) is 3.43. The van der Waals surface area contributed by atoms with Gasteiger partial charge in [-0.15, -0.1) is 24.0 Å². The number of nitrogens with zero attached hydrogens (tertiary/aromatic N) is 3. The zero-order valence-electron chi connectivity index (χ0n) is 18.6. The Morgan fingerprint density at radius 2 is 1.90 bits per heavy atom. The van der Waals surface area contributed by atoms with Gasteiger partial charge in [0, 0.05) is 51.4 Å². The van der Waals surface area contributed by atoms with E-state index in [1.54, 1.807) is 14.2 Å². The molecule has 1 saturated heterocycles. The van der Waals surface area contributed by atoms with Crippen molar-refractivity contribution in [3.63, 3.8) is 0 Å². The first-order valence-electron chi connectivity index (χ1n) is 10.8. The van der Waals surface area contributed by atoms with Crippen molar-refractivity contribution in [2.45, 2.75) is 26.3 Å². The summed E-state index contributed by atoms with van der Waals surface area (Å²) >= 11 is 0. The molecule has 0 amide bonds. The Labute approximate surface area is 198 Å². The maximum Gasteiger partial charge on any atom is 0.194 e. The Hall–Kier alpha value is -1.26. The fourth-order valence-corrected chi connectivity index (χ4v) is 3.54. The highest BCUT2D eigenvalue weighted by Crippen LogP contribution is 2.28. The summed E-state index contributed by atoms with van der Waals surface area (Å²) in [6.07, 6.45) is 2.66. The minimum absolute atomic E-state index is 0. The first-order chi connectivity index (χ1) is 14.2. The van der Waals surface area contributed by atoms with Crippen LogP contribution in [0.3, 0.4) is 0 Å². The standard InChI is InChI=1S/C22H36N4O3.HI/c1-4-23-22(24-9-14-29-17-18-5-6-18)26-12-10-25(11-13-26)16-19-15-20(27-2)7-8-21(19)28-3;/h7-8,15,18H,4-6,9-14,16-17H2,1-3H3,(H,23,24);1H. The smallest absolute Gasteiger partial charge is 0.194 e. The Bertz CT molecular complexity index is 662. The van der Waals surface area contributed by atoms with Gasteiger partial charge in [-0.05, 0) is 43.9 Å². The molecule has 0 atom stereocenters. The highest BCUT2D eigenvalue weighted by atomic mass is 127. The number of halogens is 1. The zero-order chi connectivity index (χ0) is 20.5. The zero-order valence-corrected chi connectivity index (χ0v) is 20.9. The molecule has 1 saturated carbocycles. The molecule has 1 aliphatic heterocycles. The summed E-state index contributed by atoms with van der Waals surface area (Å²) in [5.74, 6) is 3.59. The van der Waals surface area contributed by atoms with E-state index >= 15 is 0 Å². The SMILES string of the molecule is CCNC(=NCCOCC1CC1)N1CCN(Cc2cc(OC)ccc2OC)CC1.I. The molecule has 2 fully saturated rings. The lowest BCUT2D eigenvalue weighted by atomic mass is 10.1. The van der Waals surface area contributed by atoms with E-state index in [0.29, 0.717) is 6.61 Å². The Morgan fingerprint density at radius 3 is 2.53 bits per heavy atom. The number of piperazine rings is 1. The van der Waals surface area contributed by atoms with Crippen molar-refractivity contribution < 1.29 is 14.2 Å². The second kappa shape index (κ2) is 13.2. The van der Waals surface area contributed by atoms with Crippen molar-refractivity contribution in [2.24, 2.45) is 10.9 Å². The highest BCUT2D eigenvalue weighted by Gasteiger charge is 2.22. The van der Waals surface area contributed by atoms with Crippen LogP contribution in [0.2, 0.25) is 0 Å². The maximum atomic E-state index is 5.71. The lowest BCUT2D eigenvalue weighted by Crippen LogP contribution is -2.52. The summed E-state index contributed by atoms with van der Waals surface area (Å²) < 4.78 is 16.6. The number of rotatable bonds is 10. The monoisotopic (exact) mass is 532 g/mol. The van der Waals surface area contributed by atoms with E-state index in [0.717, 1.165) is 81.4 Å². The molecule has 3 rings (SSSR count).